The van der Waals surface area contributed by atoms with Crippen LogP contribution >= 0.6 is 23.2 Å². The third-order valence-corrected chi connectivity index (χ3v) is 8.82. The molecule has 0 amide bonds. The number of benzene rings is 1. The quantitative estimate of drug-likeness (QED) is 0.465. The molecule has 0 unspecified atom stereocenters. The predicted octanol–water partition coefficient (Wildman–Crippen LogP) is 4.87. The van der Waals surface area contributed by atoms with Gasteiger partial charge in [-0.05, 0) is 31.9 Å². The lowest BCUT2D eigenvalue weighted by molar-refractivity contribution is 0.598. The Labute approximate surface area is 151 Å². The predicted molar refractivity (Wildman–Crippen MR) is 100.0 cm³/mol. The van der Waals surface area contributed by atoms with Crippen LogP contribution in [0.15, 0.2) is 32.9 Å². The highest BCUT2D eigenvalue weighted by Crippen LogP contribution is 2.53. The lowest BCUT2D eigenvalue weighted by Crippen LogP contribution is -2.10. The molecule has 0 N–H and O–H groups in total. The van der Waals surface area contributed by atoms with Gasteiger partial charge in [0.15, 0.2) is 0 Å². The zero-order valence-electron chi connectivity index (χ0n) is 13.5. The highest BCUT2D eigenvalue weighted by Gasteiger charge is 2.51. The number of unbranched alkanes of at least 4 members (excludes halogenated alkanes) is 2. The van der Waals surface area contributed by atoms with Crippen LogP contribution in [0.4, 0.5) is 0 Å². The minimum atomic E-state index is -3.62. The summed E-state index contributed by atoms with van der Waals surface area (Å²) in [6.07, 6.45) is 3.89. The molecule has 1 saturated carbocycles. The maximum absolute atomic E-state index is 12.5. The Morgan fingerprint density at radius 1 is 1.26 bits per heavy atom. The lowest BCUT2D eigenvalue weighted by atomic mass is 10.2. The van der Waals surface area contributed by atoms with Gasteiger partial charge in [-0.2, -0.15) is 8.42 Å². The highest BCUT2D eigenvalue weighted by molar-refractivity contribution is 8.00. The number of hydrogen-bond donors (Lipinski definition) is 0. The summed E-state index contributed by atoms with van der Waals surface area (Å²) in [6, 6.07) is 6.82. The first-order chi connectivity index (χ1) is 10.7. The Morgan fingerprint density at radius 2 is 1.87 bits per heavy atom. The Balaban J connectivity index is 2.17. The molecule has 1 aliphatic carbocycles. The molecule has 23 heavy (non-hydrogen) atoms. The van der Waals surface area contributed by atoms with Gasteiger partial charge in [0.2, 0.25) is 0 Å². The molecule has 0 aromatic heterocycles. The van der Waals surface area contributed by atoms with Crippen LogP contribution in [0.25, 0.3) is 0 Å². The molecule has 3 nitrogen and oxygen atoms in total. The van der Waals surface area contributed by atoms with Crippen LogP contribution in [0.2, 0.25) is 0 Å². The zero-order chi connectivity index (χ0) is 17.1. The van der Waals surface area contributed by atoms with Crippen LogP contribution in [-0.4, -0.2) is 24.3 Å². The Morgan fingerprint density at radius 3 is 2.39 bits per heavy atom. The molecule has 2 rings (SSSR count). The third-order valence-electron chi connectivity index (χ3n) is 3.86. The van der Waals surface area contributed by atoms with E-state index in [1.165, 1.54) is 0 Å². The van der Waals surface area contributed by atoms with Crippen molar-refractivity contribution in [3.63, 3.8) is 0 Å². The van der Waals surface area contributed by atoms with E-state index in [1.54, 1.807) is 24.3 Å². The lowest BCUT2D eigenvalue weighted by Gasteiger charge is -2.09. The van der Waals surface area contributed by atoms with E-state index in [4.69, 9.17) is 23.2 Å². The number of aryl methyl sites for hydroxylation is 1. The van der Waals surface area contributed by atoms with E-state index in [9.17, 15) is 8.42 Å². The average Bonchev–Trinajstić information content (AvgIpc) is 3.05. The van der Waals surface area contributed by atoms with Crippen molar-refractivity contribution in [2.75, 3.05) is 11.5 Å². The molecular weight excluding hydrogens is 373 g/mol. The topological polar surface area (TPSA) is 46.5 Å². The van der Waals surface area contributed by atoms with E-state index < -0.39 is 25.0 Å². The van der Waals surface area contributed by atoms with Crippen molar-refractivity contribution in [1.29, 1.82) is 0 Å². The molecule has 1 aromatic carbocycles. The summed E-state index contributed by atoms with van der Waals surface area (Å²) in [6.45, 7) is 4.05. The fraction of sp³-hybridized carbons (Fsp3) is 0.625. The minimum Gasteiger partial charge on any atom is -0.199 e. The van der Waals surface area contributed by atoms with Crippen LogP contribution in [0, 0.1) is 12.8 Å². The molecule has 1 fully saturated rings. The van der Waals surface area contributed by atoms with E-state index in [1.807, 2.05) is 6.92 Å². The van der Waals surface area contributed by atoms with Gasteiger partial charge in [-0.15, -0.1) is 27.0 Å². The standard InChI is InChI=1S/C16H23Cl2NO2S2/c1-3-4-5-10-22(12-14-11-16(14,17)18)19-23(20,21)15-8-6-13(2)7-9-15/h6-9,14H,3-5,10-12H2,1-2H3/t14-,22+/m0/s1. The van der Waals surface area contributed by atoms with Crippen LogP contribution in [0.1, 0.15) is 38.2 Å². The van der Waals surface area contributed by atoms with Crippen LogP contribution in [0.5, 0.6) is 0 Å². The number of halogens is 2. The summed E-state index contributed by atoms with van der Waals surface area (Å²) in [7, 11) is -4.16. The summed E-state index contributed by atoms with van der Waals surface area (Å²) < 4.78 is 28.6. The molecular formula is C16H23Cl2NO2S2. The first-order valence-corrected chi connectivity index (χ1v) is 11.6. The van der Waals surface area contributed by atoms with Gasteiger partial charge in [-0.1, -0.05) is 48.2 Å². The second-order valence-electron chi connectivity index (χ2n) is 6.06. The smallest absolute Gasteiger partial charge is 0.199 e. The molecule has 0 saturated heterocycles. The maximum atomic E-state index is 12.5. The van der Waals surface area contributed by atoms with Gasteiger partial charge in [0, 0.05) is 17.4 Å². The molecule has 1 aromatic rings. The summed E-state index contributed by atoms with van der Waals surface area (Å²) >= 11 is 12.2. The van der Waals surface area contributed by atoms with Gasteiger partial charge in [0.25, 0.3) is 10.0 Å². The Bertz CT molecular complexity index is 670. The summed E-state index contributed by atoms with van der Waals surface area (Å²) in [4.78, 5) is 0.259. The van der Waals surface area contributed by atoms with Crippen LogP contribution < -0.4 is 0 Å². The Kier molecular flexibility index (Phi) is 6.57. The normalized spacial score (nSPS) is 21.3. The number of rotatable bonds is 8. The van der Waals surface area contributed by atoms with E-state index >= 15 is 0 Å². The van der Waals surface area contributed by atoms with E-state index in [-0.39, 0.29) is 10.8 Å². The maximum Gasteiger partial charge on any atom is 0.287 e. The molecule has 0 spiro atoms. The highest BCUT2D eigenvalue weighted by atomic mass is 35.5. The number of alkyl halides is 2. The van der Waals surface area contributed by atoms with E-state index in [0.717, 1.165) is 37.0 Å². The number of hydrogen-bond acceptors (Lipinski definition) is 2. The van der Waals surface area contributed by atoms with Crippen LogP contribution in [0.3, 0.4) is 0 Å². The first kappa shape index (κ1) is 19.2. The van der Waals surface area contributed by atoms with Crippen molar-refractivity contribution in [3.05, 3.63) is 29.8 Å². The monoisotopic (exact) mass is 395 g/mol. The molecule has 0 radical (unpaired) electrons. The van der Waals surface area contributed by atoms with Gasteiger partial charge < -0.3 is 0 Å². The molecule has 0 aliphatic heterocycles. The SMILES string of the molecule is CCCCC[S@](C[C@@H]1CC1(Cl)Cl)=NS(=O)(=O)c1ccc(C)cc1. The Hall–Kier alpha value is -0.1000. The van der Waals surface area contributed by atoms with E-state index in [0.29, 0.717) is 5.75 Å². The number of nitrogens with zero attached hydrogens (tertiary/aromatic N) is 1. The molecule has 2 atom stereocenters. The van der Waals surface area contributed by atoms with Crippen molar-refractivity contribution in [2.24, 2.45) is 9.69 Å². The van der Waals surface area contributed by atoms with E-state index in [2.05, 4.69) is 10.7 Å². The van der Waals surface area contributed by atoms with Gasteiger partial charge in [0.1, 0.15) is 4.33 Å². The zero-order valence-corrected chi connectivity index (χ0v) is 16.6. The average molecular weight is 396 g/mol. The van der Waals surface area contributed by atoms with Gasteiger partial charge >= 0.3 is 0 Å². The van der Waals surface area contributed by atoms with Gasteiger partial charge in [0.05, 0.1) is 4.90 Å². The molecule has 1 aliphatic rings. The summed E-state index contributed by atoms with van der Waals surface area (Å²) in [5.74, 6) is 1.62. The van der Waals surface area contributed by atoms with Crippen molar-refractivity contribution in [1.82, 2.24) is 0 Å². The molecule has 130 valence electrons. The third kappa shape index (κ3) is 5.73. The second-order valence-corrected chi connectivity index (χ2v) is 11.3. The van der Waals surface area contributed by atoms with Crippen LogP contribution in [-0.2, 0) is 20.7 Å². The fourth-order valence-electron chi connectivity index (χ4n) is 2.24. The van der Waals surface area contributed by atoms with Crippen molar-refractivity contribution < 1.29 is 8.42 Å². The number of sulfonamides is 1. The summed E-state index contributed by atoms with van der Waals surface area (Å²) in [5.41, 5.74) is 1.03. The van der Waals surface area contributed by atoms with Gasteiger partial charge in [-0.3, -0.25) is 0 Å². The van der Waals surface area contributed by atoms with Crippen molar-refractivity contribution >= 4 is 43.9 Å². The fourth-order valence-corrected chi connectivity index (χ4v) is 7.00. The first-order valence-electron chi connectivity index (χ1n) is 7.85. The summed E-state index contributed by atoms with van der Waals surface area (Å²) in [5, 5.41) is 0. The minimum absolute atomic E-state index is 0.160. The van der Waals surface area contributed by atoms with Gasteiger partial charge in [-0.25, -0.2) is 0 Å². The largest absolute Gasteiger partial charge is 0.287 e. The molecule has 7 heteroatoms. The van der Waals surface area contributed by atoms with Crippen molar-refractivity contribution in [3.8, 4) is 0 Å². The second kappa shape index (κ2) is 7.85. The molecule has 0 heterocycles. The molecule has 0 bridgehead atoms. The van der Waals surface area contributed by atoms with Crippen molar-refractivity contribution in [2.45, 2.75) is 48.8 Å².